The van der Waals surface area contributed by atoms with Gasteiger partial charge in [0.1, 0.15) is 0 Å². The van der Waals surface area contributed by atoms with Crippen LogP contribution < -0.4 is 0 Å². The fraction of sp³-hybridized carbons (Fsp3) is 0.333. The number of hydrogen-bond acceptors (Lipinski definition) is 0. The molecule has 1 saturated carbocycles. The second-order valence-electron chi connectivity index (χ2n) is 6.03. The number of benzene rings is 2. The molecule has 4 rings (SSSR count). The largest absolute Gasteiger partial charge is 0.0587 e. The molecule has 0 aliphatic heterocycles. The predicted molar refractivity (Wildman–Crippen MR) is 83.6 cm³/mol. The standard InChI is InChI=1S/C18H17Br/c1-12-4-6-14-15-7-5-13(19)11-17(15)18(16(14)10-12)8-2-3-9-18/h4-7,10-11H,2-3,8-9H2,1H3. The molecular weight excluding hydrogens is 296 g/mol. The van der Waals surface area contributed by atoms with Crippen LogP contribution in [0.1, 0.15) is 42.4 Å². The summed E-state index contributed by atoms with van der Waals surface area (Å²) in [6.07, 6.45) is 5.35. The van der Waals surface area contributed by atoms with E-state index >= 15 is 0 Å². The van der Waals surface area contributed by atoms with Gasteiger partial charge in [-0.1, -0.05) is 58.6 Å². The average Bonchev–Trinajstić information content (AvgIpc) is 2.97. The van der Waals surface area contributed by atoms with Crippen molar-refractivity contribution in [2.24, 2.45) is 0 Å². The molecule has 1 spiro atoms. The zero-order valence-corrected chi connectivity index (χ0v) is 12.8. The minimum absolute atomic E-state index is 0.306. The van der Waals surface area contributed by atoms with E-state index in [2.05, 4.69) is 59.3 Å². The first-order valence-electron chi connectivity index (χ1n) is 7.12. The van der Waals surface area contributed by atoms with Crippen molar-refractivity contribution < 1.29 is 0 Å². The van der Waals surface area contributed by atoms with E-state index in [4.69, 9.17) is 0 Å². The van der Waals surface area contributed by atoms with Crippen molar-refractivity contribution in [2.75, 3.05) is 0 Å². The van der Waals surface area contributed by atoms with Crippen molar-refractivity contribution in [1.82, 2.24) is 0 Å². The first-order chi connectivity index (χ1) is 9.21. The van der Waals surface area contributed by atoms with E-state index in [1.165, 1.54) is 46.8 Å². The summed E-state index contributed by atoms with van der Waals surface area (Å²) >= 11 is 3.65. The van der Waals surface area contributed by atoms with Crippen LogP contribution in [0.3, 0.4) is 0 Å². The van der Waals surface area contributed by atoms with Gasteiger partial charge in [-0.3, -0.25) is 0 Å². The maximum atomic E-state index is 3.65. The number of aryl methyl sites for hydroxylation is 1. The van der Waals surface area contributed by atoms with Crippen molar-refractivity contribution in [3.05, 3.63) is 57.6 Å². The van der Waals surface area contributed by atoms with Crippen molar-refractivity contribution in [3.8, 4) is 11.1 Å². The normalized spacial score (nSPS) is 18.6. The van der Waals surface area contributed by atoms with Gasteiger partial charge in [0.2, 0.25) is 0 Å². The molecule has 0 heterocycles. The number of hydrogen-bond donors (Lipinski definition) is 0. The van der Waals surface area contributed by atoms with E-state index in [0.717, 1.165) is 0 Å². The molecule has 0 saturated heterocycles. The van der Waals surface area contributed by atoms with E-state index in [1.807, 2.05) is 0 Å². The van der Waals surface area contributed by atoms with Gasteiger partial charge in [0.15, 0.2) is 0 Å². The third-order valence-electron chi connectivity index (χ3n) is 4.94. The minimum Gasteiger partial charge on any atom is -0.0587 e. The summed E-state index contributed by atoms with van der Waals surface area (Å²) in [4.78, 5) is 0. The molecule has 1 fully saturated rings. The molecule has 0 atom stereocenters. The Morgan fingerprint density at radius 2 is 1.53 bits per heavy atom. The first-order valence-corrected chi connectivity index (χ1v) is 7.92. The molecule has 0 bridgehead atoms. The van der Waals surface area contributed by atoms with Gasteiger partial charge in [0.05, 0.1) is 0 Å². The summed E-state index contributed by atoms with van der Waals surface area (Å²) in [7, 11) is 0. The van der Waals surface area contributed by atoms with Gasteiger partial charge < -0.3 is 0 Å². The van der Waals surface area contributed by atoms with Crippen molar-refractivity contribution in [1.29, 1.82) is 0 Å². The fourth-order valence-corrected chi connectivity index (χ4v) is 4.46. The highest BCUT2D eigenvalue weighted by atomic mass is 79.9. The second kappa shape index (κ2) is 3.96. The van der Waals surface area contributed by atoms with E-state index in [1.54, 1.807) is 11.1 Å². The minimum atomic E-state index is 0.306. The van der Waals surface area contributed by atoms with Gasteiger partial charge >= 0.3 is 0 Å². The quantitative estimate of drug-likeness (QED) is 0.594. The van der Waals surface area contributed by atoms with Crippen LogP contribution in [0.2, 0.25) is 0 Å². The molecule has 1 heteroatoms. The van der Waals surface area contributed by atoms with Gasteiger partial charge in [-0.05, 0) is 54.2 Å². The van der Waals surface area contributed by atoms with Crippen LogP contribution >= 0.6 is 15.9 Å². The lowest BCUT2D eigenvalue weighted by Gasteiger charge is -2.26. The fourth-order valence-electron chi connectivity index (χ4n) is 4.10. The van der Waals surface area contributed by atoms with Crippen LogP contribution in [0.4, 0.5) is 0 Å². The number of fused-ring (bicyclic) bond motifs is 5. The summed E-state index contributed by atoms with van der Waals surface area (Å²) in [5.41, 5.74) is 7.76. The summed E-state index contributed by atoms with van der Waals surface area (Å²) in [6.45, 7) is 2.21. The maximum absolute atomic E-state index is 3.65. The first kappa shape index (κ1) is 11.7. The molecule has 0 radical (unpaired) electrons. The SMILES string of the molecule is Cc1ccc2c(c1)C1(CCCC1)c1cc(Br)ccc1-2. The second-order valence-corrected chi connectivity index (χ2v) is 6.94. The van der Waals surface area contributed by atoms with Gasteiger partial charge in [0, 0.05) is 9.89 Å². The Labute approximate surface area is 123 Å². The smallest absolute Gasteiger partial charge is 0.0215 e. The van der Waals surface area contributed by atoms with Gasteiger partial charge in [-0.25, -0.2) is 0 Å². The molecule has 0 amide bonds. The Morgan fingerprint density at radius 3 is 2.26 bits per heavy atom. The molecule has 0 aromatic heterocycles. The molecule has 2 aliphatic rings. The van der Waals surface area contributed by atoms with Crippen molar-refractivity contribution >= 4 is 15.9 Å². The van der Waals surface area contributed by atoms with Gasteiger partial charge in [-0.2, -0.15) is 0 Å². The molecule has 19 heavy (non-hydrogen) atoms. The Balaban J connectivity index is 2.07. The highest BCUT2D eigenvalue weighted by Gasteiger charge is 2.44. The van der Waals surface area contributed by atoms with Crippen LogP contribution in [-0.2, 0) is 5.41 Å². The maximum Gasteiger partial charge on any atom is 0.0215 e. The lowest BCUT2D eigenvalue weighted by molar-refractivity contribution is 0.549. The Hall–Kier alpha value is -1.08. The molecule has 2 aromatic carbocycles. The highest BCUT2D eigenvalue weighted by molar-refractivity contribution is 9.10. The average molecular weight is 313 g/mol. The number of rotatable bonds is 0. The van der Waals surface area contributed by atoms with Crippen LogP contribution in [0.25, 0.3) is 11.1 Å². The predicted octanol–water partition coefficient (Wildman–Crippen LogP) is 5.60. The summed E-state index contributed by atoms with van der Waals surface area (Å²) in [5.74, 6) is 0. The van der Waals surface area contributed by atoms with E-state index < -0.39 is 0 Å². The summed E-state index contributed by atoms with van der Waals surface area (Å²) < 4.78 is 1.21. The topological polar surface area (TPSA) is 0 Å². The van der Waals surface area contributed by atoms with E-state index in [9.17, 15) is 0 Å². The van der Waals surface area contributed by atoms with Crippen molar-refractivity contribution in [2.45, 2.75) is 38.0 Å². The Bertz CT molecular complexity index is 610. The van der Waals surface area contributed by atoms with Crippen LogP contribution in [0.5, 0.6) is 0 Å². The molecule has 96 valence electrons. The summed E-state index contributed by atoms with van der Waals surface area (Å²) in [5, 5.41) is 0. The van der Waals surface area contributed by atoms with Gasteiger partial charge in [-0.15, -0.1) is 0 Å². The lowest BCUT2D eigenvalue weighted by atomic mass is 9.76. The zero-order chi connectivity index (χ0) is 13.0. The van der Waals surface area contributed by atoms with Crippen molar-refractivity contribution in [3.63, 3.8) is 0 Å². The molecule has 2 aromatic rings. The van der Waals surface area contributed by atoms with Crippen LogP contribution in [-0.4, -0.2) is 0 Å². The third kappa shape index (κ3) is 1.51. The molecule has 2 aliphatic carbocycles. The molecule has 0 unspecified atom stereocenters. The Morgan fingerprint density at radius 1 is 0.895 bits per heavy atom. The third-order valence-corrected chi connectivity index (χ3v) is 5.43. The monoisotopic (exact) mass is 312 g/mol. The van der Waals surface area contributed by atoms with Crippen LogP contribution in [0.15, 0.2) is 40.9 Å². The van der Waals surface area contributed by atoms with Crippen LogP contribution in [0, 0.1) is 6.92 Å². The zero-order valence-electron chi connectivity index (χ0n) is 11.2. The number of halogens is 1. The molecule has 0 N–H and O–H groups in total. The Kier molecular flexibility index (Phi) is 2.44. The molecule has 0 nitrogen and oxygen atoms in total. The van der Waals surface area contributed by atoms with Gasteiger partial charge in [0.25, 0.3) is 0 Å². The summed E-state index contributed by atoms with van der Waals surface area (Å²) in [6, 6.07) is 13.8. The highest BCUT2D eigenvalue weighted by Crippen LogP contribution is 2.57. The molecular formula is C18H17Br. The van der Waals surface area contributed by atoms with E-state index in [0.29, 0.717) is 5.41 Å². The lowest BCUT2D eigenvalue weighted by Crippen LogP contribution is -2.20. The van der Waals surface area contributed by atoms with E-state index in [-0.39, 0.29) is 0 Å².